The van der Waals surface area contributed by atoms with E-state index in [0.29, 0.717) is 54.8 Å². The zero-order valence-electron chi connectivity index (χ0n) is 37.8. The molecule has 0 radical (unpaired) electrons. The van der Waals surface area contributed by atoms with Crippen molar-refractivity contribution in [2.75, 3.05) is 79.8 Å². The summed E-state index contributed by atoms with van der Waals surface area (Å²) in [7, 11) is 2.14. The molecule has 10 rings (SSSR count). The molecule has 8 aromatic rings. The molecule has 0 bridgehead atoms. The molecule has 0 saturated carbocycles. The summed E-state index contributed by atoms with van der Waals surface area (Å²) in [4.78, 5) is 51.8. The maximum atomic E-state index is 13.7. The van der Waals surface area contributed by atoms with Crippen molar-refractivity contribution in [3.63, 3.8) is 0 Å². The van der Waals surface area contributed by atoms with E-state index in [0.717, 1.165) is 76.6 Å². The molecule has 6 aromatic carbocycles. The molecule has 0 unspecified atom stereocenters. The Kier molecular flexibility index (Phi) is 13.5. The second kappa shape index (κ2) is 20.3. The van der Waals surface area contributed by atoms with E-state index in [4.69, 9.17) is 25.7 Å². The molecule has 4 heterocycles. The highest BCUT2D eigenvalue weighted by atomic mass is 19.1. The summed E-state index contributed by atoms with van der Waals surface area (Å²) in [6, 6.07) is 43.0. The van der Waals surface area contributed by atoms with Crippen molar-refractivity contribution in [1.29, 1.82) is 0 Å². The number of fused-ring (bicyclic) bond motifs is 2. The number of anilines is 6. The number of aromatic nitrogens is 4. The van der Waals surface area contributed by atoms with Crippen molar-refractivity contribution in [3.8, 4) is 0 Å². The molecule has 68 heavy (non-hydrogen) atoms. The van der Waals surface area contributed by atoms with Gasteiger partial charge in [0.2, 0.25) is 11.9 Å². The Morgan fingerprint density at radius 3 is 1.54 bits per heavy atom. The van der Waals surface area contributed by atoms with Gasteiger partial charge in [0.15, 0.2) is 5.78 Å². The van der Waals surface area contributed by atoms with Gasteiger partial charge in [-0.3, -0.25) is 14.5 Å². The first-order chi connectivity index (χ1) is 33.1. The third kappa shape index (κ3) is 10.4. The van der Waals surface area contributed by atoms with Crippen molar-refractivity contribution < 1.29 is 18.4 Å². The fourth-order valence-electron chi connectivity index (χ4n) is 8.55. The average molecular weight is 912 g/mol. The van der Waals surface area contributed by atoms with E-state index in [1.165, 1.54) is 24.3 Å². The second-order valence-corrected chi connectivity index (χ2v) is 16.9. The highest BCUT2D eigenvalue weighted by Crippen LogP contribution is 2.33. The Balaban J connectivity index is 0.000000185. The zero-order chi connectivity index (χ0) is 47.1. The van der Waals surface area contributed by atoms with Crippen LogP contribution in [0.15, 0.2) is 146 Å². The van der Waals surface area contributed by atoms with Crippen molar-refractivity contribution in [2.45, 2.75) is 13.0 Å². The van der Waals surface area contributed by atoms with Crippen LogP contribution < -0.4 is 26.2 Å². The van der Waals surface area contributed by atoms with Crippen LogP contribution in [0, 0.1) is 11.6 Å². The lowest BCUT2D eigenvalue weighted by atomic mass is 9.96. The zero-order valence-corrected chi connectivity index (χ0v) is 37.8. The molecule has 0 spiro atoms. The van der Waals surface area contributed by atoms with Crippen LogP contribution in [0.2, 0.25) is 0 Å². The van der Waals surface area contributed by atoms with Gasteiger partial charge in [0, 0.05) is 74.4 Å². The van der Waals surface area contributed by atoms with Crippen LogP contribution in [0.5, 0.6) is 0 Å². The molecule has 344 valence electrons. The largest absolute Gasteiger partial charge is 0.366 e. The maximum absolute atomic E-state index is 13.7. The van der Waals surface area contributed by atoms with Crippen LogP contribution >= 0.6 is 0 Å². The van der Waals surface area contributed by atoms with E-state index >= 15 is 0 Å². The van der Waals surface area contributed by atoms with Gasteiger partial charge in [0.1, 0.15) is 23.3 Å². The van der Waals surface area contributed by atoms with Crippen molar-refractivity contribution in [1.82, 2.24) is 29.7 Å². The number of benzene rings is 6. The van der Waals surface area contributed by atoms with Gasteiger partial charge in [-0.05, 0) is 110 Å². The molecule has 0 aliphatic carbocycles. The molecule has 2 aromatic heterocycles. The lowest BCUT2D eigenvalue weighted by Crippen LogP contribution is -2.48. The van der Waals surface area contributed by atoms with Crippen LogP contribution in [0.25, 0.3) is 21.8 Å². The minimum absolute atomic E-state index is 0.0615. The summed E-state index contributed by atoms with van der Waals surface area (Å²) >= 11 is 0. The van der Waals surface area contributed by atoms with Gasteiger partial charge >= 0.3 is 0 Å². The number of halogens is 2. The van der Waals surface area contributed by atoms with E-state index in [1.54, 1.807) is 49.4 Å². The van der Waals surface area contributed by atoms with E-state index in [-0.39, 0.29) is 23.5 Å². The van der Waals surface area contributed by atoms with Gasteiger partial charge in [-0.15, -0.1) is 0 Å². The molecular formula is C53H51F2N11O2. The number of rotatable bonds is 11. The monoisotopic (exact) mass is 911 g/mol. The first-order valence-corrected chi connectivity index (χ1v) is 22.6. The number of hydrogen-bond donors (Lipinski definition) is 3. The van der Waals surface area contributed by atoms with E-state index in [2.05, 4.69) is 37.3 Å². The average Bonchev–Trinajstić information content (AvgIpc) is 3.36. The van der Waals surface area contributed by atoms with Crippen molar-refractivity contribution >= 4 is 68.4 Å². The number of nitrogens with zero attached hydrogens (tertiary/aromatic N) is 8. The normalized spacial score (nSPS) is 14.4. The minimum atomic E-state index is -0.528. The molecule has 2 fully saturated rings. The van der Waals surface area contributed by atoms with Gasteiger partial charge in [-0.2, -0.15) is 9.97 Å². The number of piperazine rings is 2. The molecule has 0 atom stereocenters. The van der Waals surface area contributed by atoms with Gasteiger partial charge in [-0.25, -0.2) is 18.7 Å². The fraction of sp³-hybridized carbons (Fsp3) is 0.208. The number of carbonyl (C=O) groups excluding carboxylic acids is 2. The standard InChI is InChI=1S/C32H28F2N6O.C21H23N5O/c33-23-13-9-21(10-14-23)29(22-11-15-24(34)16-12-22)39-17-19-40(20-18-39)32-37-28-8-4-2-6-26(28)31(38-32)36-27-7-3-1-5-25(27)30(35)41;1-15(27)16-7-9-17(10-8-16)22-20-18-5-3-4-6-19(18)23-21(24-20)26-13-11-25(2)12-14-26/h1-16,29H,17-20H2,(H2,35,41)(H,36,37,38);3-10H,11-14H2,1-2H3,(H,22,23,24). The third-order valence-electron chi connectivity index (χ3n) is 12.3. The third-order valence-corrected chi connectivity index (χ3v) is 12.3. The maximum Gasteiger partial charge on any atom is 0.250 e. The van der Waals surface area contributed by atoms with Gasteiger partial charge in [0.05, 0.1) is 28.3 Å². The molecule has 1 amide bonds. The fourth-order valence-corrected chi connectivity index (χ4v) is 8.55. The Labute approximate surface area is 393 Å². The Hall–Kier alpha value is -7.88. The molecular weight excluding hydrogens is 861 g/mol. The molecule has 2 aliphatic rings. The summed E-state index contributed by atoms with van der Waals surface area (Å²) < 4.78 is 27.4. The first-order valence-electron chi connectivity index (χ1n) is 22.6. The number of para-hydroxylation sites is 3. The van der Waals surface area contributed by atoms with Gasteiger partial charge in [0.25, 0.3) is 5.91 Å². The number of hydrogen-bond acceptors (Lipinski definition) is 12. The summed E-state index contributed by atoms with van der Waals surface area (Å²) in [5.41, 5.74) is 11.7. The van der Waals surface area contributed by atoms with Gasteiger partial charge < -0.3 is 31.1 Å². The van der Waals surface area contributed by atoms with E-state index in [1.807, 2.05) is 78.9 Å². The second-order valence-electron chi connectivity index (χ2n) is 16.9. The number of amides is 1. The number of nitrogens with one attached hydrogen (secondary N) is 2. The van der Waals surface area contributed by atoms with Crippen molar-refractivity contribution in [3.05, 3.63) is 179 Å². The van der Waals surface area contributed by atoms with Crippen molar-refractivity contribution in [2.24, 2.45) is 5.73 Å². The van der Waals surface area contributed by atoms with E-state index < -0.39 is 5.91 Å². The smallest absolute Gasteiger partial charge is 0.250 e. The Bertz CT molecular complexity index is 3000. The van der Waals surface area contributed by atoms with Crippen LogP contribution in [-0.2, 0) is 0 Å². The highest BCUT2D eigenvalue weighted by molar-refractivity contribution is 6.01. The minimum Gasteiger partial charge on any atom is -0.366 e. The van der Waals surface area contributed by atoms with Crippen LogP contribution in [0.4, 0.5) is 43.7 Å². The van der Waals surface area contributed by atoms with Crippen LogP contribution in [0.1, 0.15) is 44.8 Å². The predicted molar refractivity (Wildman–Crippen MR) is 265 cm³/mol. The molecule has 2 saturated heterocycles. The molecule has 4 N–H and O–H groups in total. The number of carbonyl (C=O) groups is 2. The highest BCUT2D eigenvalue weighted by Gasteiger charge is 2.28. The predicted octanol–water partition coefficient (Wildman–Crippen LogP) is 8.99. The SMILES string of the molecule is CC(=O)c1ccc(Nc2nc(N3CCN(C)CC3)nc3ccccc23)cc1.NC(=O)c1ccccc1Nc1nc(N2CCN(C(c3ccc(F)cc3)c3ccc(F)cc3)CC2)nc2ccccc12. The lowest BCUT2D eigenvalue weighted by Gasteiger charge is -2.40. The number of nitrogens with two attached hydrogens (primary N) is 1. The molecule has 15 heteroatoms. The van der Waals surface area contributed by atoms with E-state index in [9.17, 15) is 18.4 Å². The number of primary amides is 1. The van der Waals surface area contributed by atoms with Gasteiger partial charge in [-0.1, -0.05) is 60.7 Å². The number of ketones is 1. The summed E-state index contributed by atoms with van der Waals surface area (Å²) in [6.07, 6.45) is 0. The summed E-state index contributed by atoms with van der Waals surface area (Å²) in [5.74, 6) is 1.63. The Morgan fingerprint density at radius 1 is 0.559 bits per heavy atom. The lowest BCUT2D eigenvalue weighted by molar-refractivity contribution is 0.0996. The Morgan fingerprint density at radius 2 is 1.03 bits per heavy atom. The molecule has 2 aliphatic heterocycles. The quantitative estimate of drug-likeness (QED) is 0.106. The van der Waals surface area contributed by atoms with Crippen LogP contribution in [0.3, 0.4) is 0 Å². The summed E-state index contributed by atoms with van der Waals surface area (Å²) in [5, 5.41) is 8.51. The first kappa shape index (κ1) is 45.3. The topological polar surface area (TPSA) is 149 Å². The number of likely N-dealkylation sites (N-methyl/N-ethyl adjacent to an activating group) is 1. The summed E-state index contributed by atoms with van der Waals surface area (Å²) in [6.45, 7) is 8.08. The number of Topliss-reactive ketones (excluding diaryl/α,β-unsaturated/α-hetero) is 1. The molecule has 13 nitrogen and oxygen atoms in total. The van der Waals surface area contributed by atoms with Crippen LogP contribution in [-0.4, -0.2) is 101 Å².